The number of amides is 1. The number of aryl methyl sites for hydroxylation is 1. The lowest BCUT2D eigenvalue weighted by Crippen LogP contribution is -2.31. The molecule has 1 fully saturated rings. The van der Waals surface area contributed by atoms with Gasteiger partial charge in [0.25, 0.3) is 5.91 Å². The third-order valence-electron chi connectivity index (χ3n) is 5.30. The van der Waals surface area contributed by atoms with Crippen LogP contribution < -0.4 is 14.8 Å². The SMILES string of the molecule is COc1cc(C)c(NC(=O)c2ccc(S(=O)(=O)N3CCCCCC3)cc2)cc1OC. The number of nitrogens with one attached hydrogen (secondary N) is 1. The number of carbonyl (C=O) groups is 1. The summed E-state index contributed by atoms with van der Waals surface area (Å²) < 4.78 is 37.9. The van der Waals surface area contributed by atoms with E-state index in [0.29, 0.717) is 35.8 Å². The number of anilines is 1. The van der Waals surface area contributed by atoms with Gasteiger partial charge in [0, 0.05) is 30.4 Å². The van der Waals surface area contributed by atoms with Crippen LogP contribution in [0.1, 0.15) is 41.6 Å². The van der Waals surface area contributed by atoms with Crippen molar-refractivity contribution in [2.75, 3.05) is 32.6 Å². The molecular formula is C22H28N2O5S. The Morgan fingerprint density at radius 1 is 0.933 bits per heavy atom. The van der Waals surface area contributed by atoms with Crippen LogP contribution in [-0.2, 0) is 10.0 Å². The van der Waals surface area contributed by atoms with Crippen molar-refractivity contribution in [3.63, 3.8) is 0 Å². The summed E-state index contributed by atoms with van der Waals surface area (Å²) in [6.45, 7) is 2.95. The predicted molar refractivity (Wildman–Crippen MR) is 116 cm³/mol. The highest BCUT2D eigenvalue weighted by Gasteiger charge is 2.25. The van der Waals surface area contributed by atoms with E-state index < -0.39 is 10.0 Å². The molecule has 3 rings (SSSR count). The zero-order valence-electron chi connectivity index (χ0n) is 17.6. The third kappa shape index (κ3) is 4.76. The van der Waals surface area contributed by atoms with E-state index in [9.17, 15) is 13.2 Å². The van der Waals surface area contributed by atoms with Gasteiger partial charge >= 0.3 is 0 Å². The summed E-state index contributed by atoms with van der Waals surface area (Å²) >= 11 is 0. The Hall–Kier alpha value is -2.58. The van der Waals surface area contributed by atoms with Crippen molar-refractivity contribution in [2.45, 2.75) is 37.5 Å². The standard InChI is InChI=1S/C22H28N2O5S/c1-16-14-20(28-2)21(29-3)15-19(16)23-22(25)17-8-10-18(11-9-17)30(26,27)24-12-6-4-5-7-13-24/h8-11,14-15H,4-7,12-13H2,1-3H3,(H,23,25). The number of hydrogen-bond donors (Lipinski definition) is 1. The molecule has 0 spiro atoms. The molecule has 2 aromatic rings. The monoisotopic (exact) mass is 432 g/mol. The summed E-state index contributed by atoms with van der Waals surface area (Å²) in [5, 5.41) is 2.85. The van der Waals surface area contributed by atoms with Gasteiger partial charge in [-0.3, -0.25) is 4.79 Å². The maximum atomic E-state index is 12.9. The molecule has 0 bridgehead atoms. The van der Waals surface area contributed by atoms with Gasteiger partial charge in [0.1, 0.15) is 0 Å². The maximum Gasteiger partial charge on any atom is 0.255 e. The lowest BCUT2D eigenvalue weighted by atomic mass is 10.1. The number of benzene rings is 2. The van der Waals surface area contributed by atoms with Crippen LogP contribution in [0.2, 0.25) is 0 Å². The molecule has 0 atom stereocenters. The second-order valence-corrected chi connectivity index (χ2v) is 9.26. The lowest BCUT2D eigenvalue weighted by Gasteiger charge is -2.20. The summed E-state index contributed by atoms with van der Waals surface area (Å²) in [5.41, 5.74) is 1.79. The molecule has 1 aliphatic rings. The van der Waals surface area contributed by atoms with Gasteiger partial charge in [0.05, 0.1) is 19.1 Å². The van der Waals surface area contributed by atoms with E-state index in [0.717, 1.165) is 31.2 Å². The van der Waals surface area contributed by atoms with Crippen LogP contribution >= 0.6 is 0 Å². The summed E-state index contributed by atoms with van der Waals surface area (Å²) in [6.07, 6.45) is 3.87. The third-order valence-corrected chi connectivity index (χ3v) is 7.21. The molecule has 0 saturated carbocycles. The van der Waals surface area contributed by atoms with Crippen molar-refractivity contribution in [1.29, 1.82) is 0 Å². The highest BCUT2D eigenvalue weighted by Crippen LogP contribution is 2.33. The number of sulfonamides is 1. The fraction of sp³-hybridized carbons (Fsp3) is 0.409. The van der Waals surface area contributed by atoms with Gasteiger partial charge in [0.15, 0.2) is 11.5 Å². The van der Waals surface area contributed by atoms with Crippen molar-refractivity contribution in [3.05, 3.63) is 47.5 Å². The van der Waals surface area contributed by atoms with Gasteiger partial charge in [0.2, 0.25) is 10.0 Å². The first-order valence-electron chi connectivity index (χ1n) is 10.0. The van der Waals surface area contributed by atoms with Crippen LogP contribution in [0.4, 0.5) is 5.69 Å². The average Bonchev–Trinajstić information content (AvgIpc) is 3.05. The number of methoxy groups -OCH3 is 2. The van der Waals surface area contributed by atoms with Crippen molar-refractivity contribution >= 4 is 21.6 Å². The molecule has 1 N–H and O–H groups in total. The summed E-state index contributed by atoms with van der Waals surface area (Å²) in [7, 11) is -0.457. The molecule has 0 radical (unpaired) electrons. The van der Waals surface area contributed by atoms with Crippen LogP contribution in [0, 0.1) is 6.92 Å². The first kappa shape index (κ1) is 22.1. The topological polar surface area (TPSA) is 84.9 Å². The van der Waals surface area contributed by atoms with Crippen LogP contribution in [0.25, 0.3) is 0 Å². The Morgan fingerprint density at radius 3 is 2.07 bits per heavy atom. The first-order chi connectivity index (χ1) is 14.4. The molecule has 2 aromatic carbocycles. The van der Waals surface area contributed by atoms with Crippen molar-refractivity contribution in [3.8, 4) is 11.5 Å². The number of hydrogen-bond acceptors (Lipinski definition) is 5. The molecule has 0 aromatic heterocycles. The molecule has 8 heteroatoms. The van der Waals surface area contributed by atoms with Gasteiger partial charge in [-0.05, 0) is 55.7 Å². The molecule has 30 heavy (non-hydrogen) atoms. The van der Waals surface area contributed by atoms with E-state index in [2.05, 4.69) is 5.32 Å². The van der Waals surface area contributed by atoms with Gasteiger partial charge < -0.3 is 14.8 Å². The first-order valence-corrected chi connectivity index (χ1v) is 11.4. The van der Waals surface area contributed by atoms with Crippen LogP contribution in [0.15, 0.2) is 41.3 Å². The molecule has 162 valence electrons. The fourth-order valence-electron chi connectivity index (χ4n) is 3.52. The zero-order chi connectivity index (χ0) is 21.7. The molecular weight excluding hydrogens is 404 g/mol. The van der Waals surface area contributed by atoms with Crippen LogP contribution in [0.5, 0.6) is 11.5 Å². The molecule has 1 amide bonds. The van der Waals surface area contributed by atoms with Gasteiger partial charge in [-0.15, -0.1) is 0 Å². The Labute approximate surface area is 178 Å². The van der Waals surface area contributed by atoms with Crippen molar-refractivity contribution in [1.82, 2.24) is 4.31 Å². The van der Waals surface area contributed by atoms with E-state index >= 15 is 0 Å². The number of rotatable bonds is 6. The molecule has 1 aliphatic heterocycles. The van der Waals surface area contributed by atoms with E-state index in [1.807, 2.05) is 6.92 Å². The fourth-order valence-corrected chi connectivity index (χ4v) is 5.04. The Kier molecular flexibility index (Phi) is 6.99. The van der Waals surface area contributed by atoms with Crippen LogP contribution in [0.3, 0.4) is 0 Å². The normalized spacial score (nSPS) is 15.3. The second kappa shape index (κ2) is 9.49. The average molecular weight is 433 g/mol. The lowest BCUT2D eigenvalue weighted by molar-refractivity contribution is 0.102. The van der Waals surface area contributed by atoms with E-state index in [-0.39, 0.29) is 10.8 Å². The largest absolute Gasteiger partial charge is 0.493 e. The molecule has 0 aliphatic carbocycles. The van der Waals surface area contributed by atoms with E-state index in [4.69, 9.17) is 9.47 Å². The maximum absolute atomic E-state index is 12.9. The van der Waals surface area contributed by atoms with E-state index in [1.165, 1.54) is 31.4 Å². The smallest absolute Gasteiger partial charge is 0.255 e. The van der Waals surface area contributed by atoms with Gasteiger partial charge in [-0.2, -0.15) is 4.31 Å². The van der Waals surface area contributed by atoms with Crippen LogP contribution in [-0.4, -0.2) is 45.9 Å². The van der Waals surface area contributed by atoms with Crippen molar-refractivity contribution < 1.29 is 22.7 Å². The second-order valence-electron chi connectivity index (χ2n) is 7.32. The van der Waals surface area contributed by atoms with Gasteiger partial charge in [-0.1, -0.05) is 12.8 Å². The molecule has 1 heterocycles. The summed E-state index contributed by atoms with van der Waals surface area (Å²) in [6, 6.07) is 9.55. The summed E-state index contributed by atoms with van der Waals surface area (Å²) in [4.78, 5) is 12.9. The quantitative estimate of drug-likeness (QED) is 0.750. The van der Waals surface area contributed by atoms with Crippen molar-refractivity contribution in [2.24, 2.45) is 0 Å². The predicted octanol–water partition coefficient (Wildman–Crippen LogP) is 3.83. The minimum Gasteiger partial charge on any atom is -0.493 e. The Balaban J connectivity index is 1.77. The number of ether oxygens (including phenoxy) is 2. The minimum absolute atomic E-state index is 0.211. The highest BCUT2D eigenvalue weighted by atomic mass is 32.2. The minimum atomic E-state index is -3.54. The molecule has 7 nitrogen and oxygen atoms in total. The van der Waals surface area contributed by atoms with Gasteiger partial charge in [-0.25, -0.2) is 8.42 Å². The number of carbonyl (C=O) groups excluding carboxylic acids is 1. The summed E-state index contributed by atoms with van der Waals surface area (Å²) in [5.74, 6) is 0.761. The molecule has 1 saturated heterocycles. The van der Waals surface area contributed by atoms with E-state index in [1.54, 1.807) is 23.5 Å². The Morgan fingerprint density at radius 2 is 1.50 bits per heavy atom. The highest BCUT2D eigenvalue weighted by molar-refractivity contribution is 7.89. The number of nitrogens with zero attached hydrogens (tertiary/aromatic N) is 1. The zero-order valence-corrected chi connectivity index (χ0v) is 18.4. The molecule has 0 unspecified atom stereocenters. The Bertz CT molecular complexity index is 995.